The Morgan fingerprint density at radius 2 is 2.04 bits per heavy atom. The summed E-state index contributed by atoms with van der Waals surface area (Å²) < 4.78 is 10.5. The maximum absolute atomic E-state index is 12.1. The van der Waals surface area contributed by atoms with E-state index in [0.29, 0.717) is 21.8 Å². The number of aromatic nitrogens is 4. The molecule has 0 aliphatic carbocycles. The van der Waals surface area contributed by atoms with E-state index in [9.17, 15) is 4.79 Å². The van der Waals surface area contributed by atoms with E-state index < -0.39 is 0 Å². The molecule has 0 bridgehead atoms. The first-order valence-corrected chi connectivity index (χ1v) is 9.50. The van der Waals surface area contributed by atoms with E-state index in [2.05, 4.69) is 25.3 Å². The summed E-state index contributed by atoms with van der Waals surface area (Å²) >= 11 is 2.50. The zero-order valence-electron chi connectivity index (χ0n) is 14.5. The second-order valence-corrected chi connectivity index (χ2v) is 6.87. The molecular weight excluding hydrogens is 388 g/mol. The van der Waals surface area contributed by atoms with Crippen LogP contribution in [0.2, 0.25) is 0 Å². The topological polar surface area (TPSA) is 125 Å². The van der Waals surface area contributed by atoms with Crippen molar-refractivity contribution < 1.29 is 14.3 Å². The van der Waals surface area contributed by atoms with E-state index in [-0.39, 0.29) is 17.6 Å². The number of nitrogens with one attached hydrogen (secondary N) is 1. The van der Waals surface area contributed by atoms with Gasteiger partial charge in [0.15, 0.2) is 21.8 Å². The second-order valence-electron chi connectivity index (χ2n) is 5.07. The number of hydrogen-bond acceptors (Lipinski definition) is 10. The Bertz CT molecular complexity index is 949. The Morgan fingerprint density at radius 3 is 2.78 bits per heavy atom. The van der Waals surface area contributed by atoms with Crippen LogP contribution in [-0.4, -0.2) is 45.8 Å². The van der Waals surface area contributed by atoms with Crippen molar-refractivity contribution >= 4 is 40.1 Å². The largest absolute Gasteiger partial charge is 0.493 e. The number of amides is 1. The highest BCUT2D eigenvalue weighted by Gasteiger charge is 2.12. The predicted octanol–water partition coefficient (Wildman–Crippen LogP) is 2.33. The number of nitrogens with zero attached hydrogens (tertiary/aromatic N) is 4. The van der Waals surface area contributed by atoms with Crippen molar-refractivity contribution in [1.29, 1.82) is 0 Å². The van der Waals surface area contributed by atoms with Gasteiger partial charge in [0.1, 0.15) is 6.33 Å². The predicted molar refractivity (Wildman–Crippen MR) is 104 cm³/mol. The molecule has 0 fully saturated rings. The number of anilines is 2. The second kappa shape index (κ2) is 8.64. The maximum atomic E-state index is 12.1. The molecule has 140 valence electrons. The van der Waals surface area contributed by atoms with E-state index in [0.717, 1.165) is 11.3 Å². The van der Waals surface area contributed by atoms with Gasteiger partial charge in [-0.1, -0.05) is 11.8 Å². The van der Waals surface area contributed by atoms with Crippen LogP contribution >= 0.6 is 23.1 Å². The van der Waals surface area contributed by atoms with Gasteiger partial charge in [0.25, 0.3) is 0 Å². The maximum Gasteiger partial charge on any atom is 0.236 e. The Hall–Kier alpha value is -2.92. The summed E-state index contributed by atoms with van der Waals surface area (Å²) in [6, 6.07) is 5.52. The normalized spacial score (nSPS) is 10.4. The van der Waals surface area contributed by atoms with Crippen LogP contribution < -0.4 is 20.5 Å². The van der Waals surface area contributed by atoms with Gasteiger partial charge >= 0.3 is 0 Å². The van der Waals surface area contributed by atoms with Crippen LogP contribution in [0.25, 0.3) is 11.3 Å². The third-order valence-electron chi connectivity index (χ3n) is 3.33. The van der Waals surface area contributed by atoms with E-state index in [1.54, 1.807) is 14.2 Å². The highest BCUT2D eigenvalue weighted by molar-refractivity contribution is 7.99. The number of thiazole rings is 1. The number of ether oxygens (including phenoxy) is 2. The first kappa shape index (κ1) is 18.9. The Balaban J connectivity index is 1.63. The lowest BCUT2D eigenvalue weighted by atomic mass is 10.1. The molecule has 2 heterocycles. The van der Waals surface area contributed by atoms with Crippen molar-refractivity contribution in [2.75, 3.05) is 31.0 Å². The zero-order valence-corrected chi connectivity index (χ0v) is 16.1. The summed E-state index contributed by atoms with van der Waals surface area (Å²) in [5.74, 6) is 1.29. The highest BCUT2D eigenvalue weighted by Crippen LogP contribution is 2.33. The molecule has 11 heteroatoms. The molecule has 1 aromatic carbocycles. The van der Waals surface area contributed by atoms with Gasteiger partial charge < -0.3 is 20.5 Å². The fraction of sp³-hybridized carbons (Fsp3) is 0.188. The van der Waals surface area contributed by atoms with E-state index in [1.165, 1.54) is 29.4 Å². The number of methoxy groups -OCH3 is 2. The van der Waals surface area contributed by atoms with Crippen LogP contribution in [0.15, 0.2) is 35.1 Å². The van der Waals surface area contributed by atoms with Crippen LogP contribution in [0.3, 0.4) is 0 Å². The Kier molecular flexibility index (Phi) is 6.04. The molecule has 27 heavy (non-hydrogen) atoms. The van der Waals surface area contributed by atoms with Crippen LogP contribution in [0, 0.1) is 0 Å². The molecule has 0 saturated carbocycles. The summed E-state index contributed by atoms with van der Waals surface area (Å²) in [4.78, 5) is 28.1. The molecule has 0 atom stereocenters. The third-order valence-corrected chi connectivity index (χ3v) is 4.95. The minimum Gasteiger partial charge on any atom is -0.493 e. The minimum atomic E-state index is -0.216. The number of rotatable bonds is 7. The van der Waals surface area contributed by atoms with Crippen molar-refractivity contribution in [3.05, 3.63) is 29.9 Å². The lowest BCUT2D eigenvalue weighted by Gasteiger charge is -2.08. The molecule has 2 aromatic heterocycles. The molecule has 0 spiro atoms. The molecule has 0 aliphatic heterocycles. The average molecular weight is 404 g/mol. The molecule has 9 nitrogen and oxygen atoms in total. The monoisotopic (exact) mass is 404 g/mol. The van der Waals surface area contributed by atoms with Gasteiger partial charge in [-0.2, -0.15) is 4.98 Å². The molecule has 0 radical (unpaired) electrons. The standard InChI is InChI=1S/C16H16N6O3S2/c1-24-11-4-3-9(5-12(11)25-2)10-6-26-16(20-10)21-13(23)7-27-15-19-8-18-14(17)22-15/h3-6,8H,7H2,1-2H3,(H,20,21,23)(H2,17,18,19,22). The number of carbonyl (C=O) groups excluding carboxylic acids is 1. The first-order valence-electron chi connectivity index (χ1n) is 7.64. The van der Waals surface area contributed by atoms with E-state index >= 15 is 0 Å². The highest BCUT2D eigenvalue weighted by atomic mass is 32.2. The van der Waals surface area contributed by atoms with Crippen LogP contribution in [0.4, 0.5) is 11.1 Å². The summed E-state index contributed by atoms with van der Waals surface area (Å²) in [6.07, 6.45) is 1.30. The van der Waals surface area contributed by atoms with Crippen LogP contribution in [0.1, 0.15) is 0 Å². The van der Waals surface area contributed by atoms with E-state index in [1.807, 2.05) is 23.6 Å². The van der Waals surface area contributed by atoms with Gasteiger partial charge in [-0.3, -0.25) is 4.79 Å². The lowest BCUT2D eigenvalue weighted by Crippen LogP contribution is -2.14. The number of nitrogen functional groups attached to an aromatic ring is 1. The van der Waals surface area contributed by atoms with Crippen molar-refractivity contribution in [2.24, 2.45) is 0 Å². The average Bonchev–Trinajstić information content (AvgIpc) is 3.14. The molecule has 3 N–H and O–H groups in total. The van der Waals surface area contributed by atoms with Gasteiger partial charge in [0.05, 0.1) is 25.7 Å². The zero-order chi connectivity index (χ0) is 19.2. The number of carbonyl (C=O) groups is 1. The number of nitrogens with two attached hydrogens (primary N) is 1. The fourth-order valence-corrected chi connectivity index (χ4v) is 3.46. The summed E-state index contributed by atoms with van der Waals surface area (Å²) in [6.45, 7) is 0. The molecular formula is C16H16N6O3S2. The lowest BCUT2D eigenvalue weighted by molar-refractivity contribution is -0.113. The quantitative estimate of drug-likeness (QED) is 0.571. The fourth-order valence-electron chi connectivity index (χ4n) is 2.11. The summed E-state index contributed by atoms with van der Waals surface area (Å²) in [7, 11) is 3.16. The molecule has 3 aromatic rings. The minimum absolute atomic E-state index is 0.118. The van der Waals surface area contributed by atoms with Crippen molar-refractivity contribution in [1.82, 2.24) is 19.9 Å². The molecule has 0 aliphatic rings. The molecule has 1 amide bonds. The van der Waals surface area contributed by atoms with Gasteiger partial charge in [0, 0.05) is 10.9 Å². The molecule has 0 unspecified atom stereocenters. The van der Waals surface area contributed by atoms with Gasteiger partial charge in [-0.25, -0.2) is 15.0 Å². The van der Waals surface area contributed by atoms with Crippen molar-refractivity contribution in [2.45, 2.75) is 5.16 Å². The summed E-state index contributed by atoms with van der Waals surface area (Å²) in [5, 5.41) is 5.51. The van der Waals surface area contributed by atoms with Gasteiger partial charge in [-0.05, 0) is 18.2 Å². The van der Waals surface area contributed by atoms with Crippen LogP contribution in [-0.2, 0) is 4.79 Å². The first-order chi connectivity index (χ1) is 13.1. The van der Waals surface area contributed by atoms with Crippen molar-refractivity contribution in [3.63, 3.8) is 0 Å². The SMILES string of the molecule is COc1ccc(-c2csc(NC(=O)CSc3ncnc(N)n3)n2)cc1OC. The third kappa shape index (κ3) is 4.83. The Morgan fingerprint density at radius 1 is 1.22 bits per heavy atom. The van der Waals surface area contributed by atoms with Gasteiger partial charge in [0.2, 0.25) is 11.9 Å². The molecule has 0 saturated heterocycles. The number of benzene rings is 1. The molecule has 3 rings (SSSR count). The summed E-state index contributed by atoms with van der Waals surface area (Å²) in [5.41, 5.74) is 7.08. The van der Waals surface area contributed by atoms with E-state index in [4.69, 9.17) is 15.2 Å². The van der Waals surface area contributed by atoms with Crippen LogP contribution in [0.5, 0.6) is 11.5 Å². The number of thioether (sulfide) groups is 1. The number of hydrogen-bond donors (Lipinski definition) is 2. The van der Waals surface area contributed by atoms with Crippen molar-refractivity contribution in [3.8, 4) is 22.8 Å². The van der Waals surface area contributed by atoms with Gasteiger partial charge in [-0.15, -0.1) is 11.3 Å². The smallest absolute Gasteiger partial charge is 0.236 e. The Labute approximate surface area is 163 Å².